The quantitative estimate of drug-likeness (QED) is 0.854. The molecule has 3 aliphatic rings. The highest BCUT2D eigenvalue weighted by Gasteiger charge is 2.57. The standard InChI is InChI=1S/C20H20N2O4/c1-21-7-4-8-22-15-6-3-2-5-13(15)20(19(22)23)11-24-16-10-18-17(9-14(16)20)25-12-26-18/h2-3,5-6,9-10,21H,4,7-8,11-12H2,1H3. The first-order valence-corrected chi connectivity index (χ1v) is 8.89. The van der Waals surface area contributed by atoms with Gasteiger partial charge >= 0.3 is 0 Å². The molecule has 1 atom stereocenters. The first-order chi connectivity index (χ1) is 12.8. The topological polar surface area (TPSA) is 60.0 Å². The predicted molar refractivity (Wildman–Crippen MR) is 96.2 cm³/mol. The zero-order valence-corrected chi connectivity index (χ0v) is 14.6. The van der Waals surface area contributed by atoms with Crippen molar-refractivity contribution in [3.8, 4) is 17.2 Å². The van der Waals surface area contributed by atoms with Gasteiger partial charge in [0, 0.05) is 23.9 Å². The Morgan fingerprint density at radius 2 is 1.88 bits per heavy atom. The molecule has 5 rings (SSSR count). The van der Waals surface area contributed by atoms with Gasteiger partial charge in [-0.3, -0.25) is 4.79 Å². The van der Waals surface area contributed by atoms with Gasteiger partial charge < -0.3 is 24.4 Å². The van der Waals surface area contributed by atoms with Crippen LogP contribution in [0.25, 0.3) is 0 Å². The van der Waals surface area contributed by atoms with Crippen LogP contribution in [-0.2, 0) is 10.2 Å². The summed E-state index contributed by atoms with van der Waals surface area (Å²) in [5.74, 6) is 2.12. The number of nitrogens with one attached hydrogen (secondary N) is 1. The van der Waals surface area contributed by atoms with Crippen molar-refractivity contribution in [2.45, 2.75) is 11.8 Å². The van der Waals surface area contributed by atoms with E-state index in [2.05, 4.69) is 5.32 Å². The van der Waals surface area contributed by atoms with Crippen LogP contribution in [0.2, 0.25) is 0 Å². The van der Waals surface area contributed by atoms with Gasteiger partial charge in [-0.2, -0.15) is 0 Å². The maximum Gasteiger partial charge on any atom is 0.245 e. The smallest absolute Gasteiger partial charge is 0.245 e. The Bertz CT molecular complexity index is 897. The van der Waals surface area contributed by atoms with Gasteiger partial charge in [0.05, 0.1) is 0 Å². The molecule has 1 N–H and O–H groups in total. The average Bonchev–Trinajstić information content (AvgIpc) is 3.33. The molecule has 26 heavy (non-hydrogen) atoms. The lowest BCUT2D eigenvalue weighted by Gasteiger charge is -2.23. The van der Waals surface area contributed by atoms with E-state index in [-0.39, 0.29) is 12.7 Å². The van der Waals surface area contributed by atoms with Gasteiger partial charge in [-0.05, 0) is 37.7 Å². The number of anilines is 1. The molecule has 3 aliphatic heterocycles. The summed E-state index contributed by atoms with van der Waals surface area (Å²) in [7, 11) is 1.92. The SMILES string of the molecule is CNCCCN1C(=O)C2(COc3cc4c(cc32)OCO4)c2ccccc21. The fraction of sp³-hybridized carbons (Fsp3) is 0.350. The van der Waals surface area contributed by atoms with Crippen LogP contribution in [0.1, 0.15) is 17.5 Å². The number of rotatable bonds is 4. The monoisotopic (exact) mass is 352 g/mol. The van der Waals surface area contributed by atoms with Gasteiger partial charge in [-0.1, -0.05) is 18.2 Å². The van der Waals surface area contributed by atoms with Gasteiger partial charge in [0.25, 0.3) is 0 Å². The minimum atomic E-state index is -0.799. The number of benzene rings is 2. The Kier molecular flexibility index (Phi) is 3.37. The zero-order valence-electron chi connectivity index (χ0n) is 14.6. The molecule has 1 amide bonds. The molecule has 0 bridgehead atoms. The van der Waals surface area contributed by atoms with Crippen molar-refractivity contribution in [1.82, 2.24) is 5.32 Å². The van der Waals surface area contributed by atoms with Crippen molar-refractivity contribution in [3.63, 3.8) is 0 Å². The molecule has 1 spiro atoms. The van der Waals surface area contributed by atoms with Crippen LogP contribution in [-0.4, -0.2) is 39.4 Å². The Balaban J connectivity index is 1.63. The third kappa shape index (κ3) is 1.93. The third-order valence-electron chi connectivity index (χ3n) is 5.45. The average molecular weight is 352 g/mol. The first-order valence-electron chi connectivity index (χ1n) is 8.89. The Morgan fingerprint density at radius 1 is 1.08 bits per heavy atom. The molecule has 2 aromatic rings. The van der Waals surface area contributed by atoms with Crippen molar-refractivity contribution in [2.24, 2.45) is 0 Å². The summed E-state index contributed by atoms with van der Waals surface area (Å²) in [5.41, 5.74) is 2.05. The fourth-order valence-electron chi connectivity index (χ4n) is 4.20. The highest BCUT2D eigenvalue weighted by molar-refractivity contribution is 6.11. The van der Waals surface area contributed by atoms with E-state index in [0.29, 0.717) is 30.4 Å². The second-order valence-corrected chi connectivity index (χ2v) is 6.83. The molecule has 1 unspecified atom stereocenters. The van der Waals surface area contributed by atoms with E-state index in [9.17, 15) is 4.79 Å². The van der Waals surface area contributed by atoms with Crippen molar-refractivity contribution in [2.75, 3.05) is 38.4 Å². The number of ether oxygens (including phenoxy) is 3. The van der Waals surface area contributed by atoms with Crippen LogP contribution in [0.5, 0.6) is 17.2 Å². The van der Waals surface area contributed by atoms with Crippen molar-refractivity contribution >= 4 is 11.6 Å². The number of nitrogens with zero attached hydrogens (tertiary/aromatic N) is 1. The maximum absolute atomic E-state index is 13.6. The molecule has 6 nitrogen and oxygen atoms in total. The number of para-hydroxylation sites is 1. The summed E-state index contributed by atoms with van der Waals surface area (Å²) in [6.07, 6.45) is 0.890. The van der Waals surface area contributed by atoms with Crippen LogP contribution in [0, 0.1) is 0 Å². The second-order valence-electron chi connectivity index (χ2n) is 6.83. The van der Waals surface area contributed by atoms with E-state index >= 15 is 0 Å². The van der Waals surface area contributed by atoms with E-state index < -0.39 is 5.41 Å². The lowest BCUT2D eigenvalue weighted by Crippen LogP contribution is -2.43. The van der Waals surface area contributed by atoms with E-state index in [1.807, 2.05) is 48.3 Å². The molecule has 134 valence electrons. The van der Waals surface area contributed by atoms with Crippen LogP contribution in [0.3, 0.4) is 0 Å². The second kappa shape index (κ2) is 5.64. The third-order valence-corrected chi connectivity index (χ3v) is 5.45. The number of hydrogen-bond donors (Lipinski definition) is 1. The molecule has 0 radical (unpaired) electrons. The summed E-state index contributed by atoms with van der Waals surface area (Å²) in [6.45, 7) is 2.05. The van der Waals surface area contributed by atoms with Gasteiger partial charge in [-0.15, -0.1) is 0 Å². The van der Waals surface area contributed by atoms with Crippen LogP contribution < -0.4 is 24.4 Å². The minimum absolute atomic E-state index is 0.0763. The molecule has 0 aromatic heterocycles. The lowest BCUT2D eigenvalue weighted by molar-refractivity contribution is -0.122. The largest absolute Gasteiger partial charge is 0.491 e. The summed E-state index contributed by atoms with van der Waals surface area (Å²) in [6, 6.07) is 11.8. The van der Waals surface area contributed by atoms with Crippen LogP contribution >= 0.6 is 0 Å². The highest BCUT2D eigenvalue weighted by Crippen LogP contribution is 2.54. The summed E-state index contributed by atoms with van der Waals surface area (Å²) in [5, 5.41) is 3.14. The molecule has 2 aromatic carbocycles. The van der Waals surface area contributed by atoms with E-state index in [1.165, 1.54) is 0 Å². The summed E-state index contributed by atoms with van der Waals surface area (Å²) in [4.78, 5) is 15.5. The molecular formula is C20H20N2O4. The van der Waals surface area contributed by atoms with Crippen molar-refractivity contribution in [3.05, 3.63) is 47.5 Å². The van der Waals surface area contributed by atoms with Crippen molar-refractivity contribution < 1.29 is 19.0 Å². The molecule has 6 heteroatoms. The lowest BCUT2D eigenvalue weighted by atomic mass is 9.77. The molecule has 0 saturated carbocycles. The highest BCUT2D eigenvalue weighted by atomic mass is 16.7. The minimum Gasteiger partial charge on any atom is -0.491 e. The number of hydrogen-bond acceptors (Lipinski definition) is 5. The molecular weight excluding hydrogens is 332 g/mol. The Morgan fingerprint density at radius 3 is 2.73 bits per heavy atom. The normalized spacial score (nSPS) is 21.9. The molecule has 0 fully saturated rings. The summed E-state index contributed by atoms with van der Waals surface area (Å²) < 4.78 is 17.0. The molecule has 3 heterocycles. The Hall–Kier alpha value is -2.73. The van der Waals surface area contributed by atoms with Gasteiger partial charge in [0.15, 0.2) is 11.5 Å². The predicted octanol–water partition coefficient (Wildman–Crippen LogP) is 2.05. The van der Waals surface area contributed by atoms with E-state index in [4.69, 9.17) is 14.2 Å². The first kappa shape index (κ1) is 15.5. The summed E-state index contributed by atoms with van der Waals surface area (Å²) >= 11 is 0. The van der Waals surface area contributed by atoms with Gasteiger partial charge in [-0.25, -0.2) is 0 Å². The van der Waals surface area contributed by atoms with Gasteiger partial charge in [0.1, 0.15) is 17.8 Å². The fourth-order valence-corrected chi connectivity index (χ4v) is 4.20. The van der Waals surface area contributed by atoms with Crippen LogP contribution in [0.15, 0.2) is 36.4 Å². The molecule has 0 aliphatic carbocycles. The number of carbonyl (C=O) groups is 1. The number of fused-ring (bicyclic) bond motifs is 5. The maximum atomic E-state index is 13.6. The van der Waals surface area contributed by atoms with Crippen LogP contribution in [0.4, 0.5) is 5.69 Å². The number of carbonyl (C=O) groups excluding carboxylic acids is 1. The zero-order chi connectivity index (χ0) is 17.7. The van der Waals surface area contributed by atoms with Gasteiger partial charge in [0.2, 0.25) is 12.7 Å². The number of amides is 1. The molecule has 0 saturated heterocycles. The Labute approximate surface area is 151 Å². The van der Waals surface area contributed by atoms with E-state index in [1.54, 1.807) is 0 Å². The van der Waals surface area contributed by atoms with Crippen molar-refractivity contribution in [1.29, 1.82) is 0 Å². The van der Waals surface area contributed by atoms with E-state index in [0.717, 1.165) is 29.8 Å².